The molecule has 0 heterocycles. The van der Waals surface area contributed by atoms with E-state index in [0.717, 1.165) is 0 Å². The maximum Gasteiger partial charge on any atom is 0.307 e. The van der Waals surface area contributed by atoms with Crippen LogP contribution in [0.2, 0.25) is 0 Å². The van der Waals surface area contributed by atoms with Crippen molar-refractivity contribution >= 4 is 11.9 Å². The molecule has 5 heteroatoms. The summed E-state index contributed by atoms with van der Waals surface area (Å²) in [6.45, 7) is 1.89. The van der Waals surface area contributed by atoms with Crippen LogP contribution >= 0.6 is 0 Å². The van der Waals surface area contributed by atoms with Crippen LogP contribution in [-0.4, -0.2) is 23.7 Å². The molecular formula is C8H11NO4. The zero-order valence-corrected chi connectivity index (χ0v) is 7.32. The van der Waals surface area contributed by atoms with Gasteiger partial charge < -0.3 is 9.84 Å². The number of carboxylic acids is 1. The van der Waals surface area contributed by atoms with E-state index in [-0.39, 0.29) is 19.4 Å². The molecular weight excluding hydrogens is 174 g/mol. The molecule has 0 radical (unpaired) electrons. The monoisotopic (exact) mass is 185 g/mol. The van der Waals surface area contributed by atoms with Crippen molar-refractivity contribution in [2.75, 3.05) is 6.61 Å². The second-order valence-electron chi connectivity index (χ2n) is 2.43. The predicted octanol–water partition coefficient (Wildman–Crippen LogP) is 0.554. The summed E-state index contributed by atoms with van der Waals surface area (Å²) in [5.41, 5.74) is 0. The summed E-state index contributed by atoms with van der Waals surface area (Å²) in [4.78, 5) is 21.0. The minimum Gasteiger partial charge on any atom is -0.481 e. The number of rotatable bonds is 5. The van der Waals surface area contributed by atoms with Crippen molar-refractivity contribution in [1.82, 2.24) is 0 Å². The molecule has 0 bridgehead atoms. The summed E-state index contributed by atoms with van der Waals surface area (Å²) in [6.07, 6.45) is -0.480. The predicted molar refractivity (Wildman–Crippen MR) is 42.6 cm³/mol. The van der Waals surface area contributed by atoms with Crippen molar-refractivity contribution in [2.24, 2.45) is 5.92 Å². The van der Waals surface area contributed by atoms with E-state index in [0.29, 0.717) is 0 Å². The first-order valence-corrected chi connectivity index (χ1v) is 3.87. The van der Waals surface area contributed by atoms with Crippen LogP contribution in [0.4, 0.5) is 0 Å². The average Bonchev–Trinajstić information content (AvgIpc) is 2.02. The first kappa shape index (κ1) is 11.4. The SMILES string of the molecule is CCOC(=O)C[C@@H](C#N)CC(=O)O. The van der Waals surface area contributed by atoms with Crippen LogP contribution < -0.4 is 0 Å². The smallest absolute Gasteiger partial charge is 0.307 e. The number of carbonyl (C=O) groups is 2. The molecule has 0 aliphatic rings. The normalized spacial score (nSPS) is 11.4. The van der Waals surface area contributed by atoms with Crippen LogP contribution in [-0.2, 0) is 14.3 Å². The summed E-state index contributed by atoms with van der Waals surface area (Å²) in [5.74, 6) is -2.41. The second kappa shape index (κ2) is 6.00. The molecule has 0 aliphatic heterocycles. The Morgan fingerprint density at radius 1 is 1.54 bits per heavy atom. The molecule has 0 aliphatic carbocycles. The second-order valence-corrected chi connectivity index (χ2v) is 2.43. The molecule has 0 unspecified atom stereocenters. The molecule has 0 saturated heterocycles. The van der Waals surface area contributed by atoms with Crippen LogP contribution in [0.15, 0.2) is 0 Å². The fraction of sp³-hybridized carbons (Fsp3) is 0.625. The van der Waals surface area contributed by atoms with Gasteiger partial charge in [0.2, 0.25) is 0 Å². The van der Waals surface area contributed by atoms with Crippen LogP contribution in [0.3, 0.4) is 0 Å². The van der Waals surface area contributed by atoms with E-state index < -0.39 is 17.9 Å². The number of carbonyl (C=O) groups excluding carboxylic acids is 1. The zero-order chi connectivity index (χ0) is 10.3. The van der Waals surface area contributed by atoms with Crippen LogP contribution in [0, 0.1) is 17.2 Å². The van der Waals surface area contributed by atoms with E-state index >= 15 is 0 Å². The van der Waals surface area contributed by atoms with Gasteiger partial charge in [-0.1, -0.05) is 0 Å². The number of nitriles is 1. The van der Waals surface area contributed by atoms with E-state index in [2.05, 4.69) is 4.74 Å². The van der Waals surface area contributed by atoms with E-state index in [1.807, 2.05) is 0 Å². The first-order chi connectivity index (χ1) is 6.10. The lowest BCUT2D eigenvalue weighted by atomic mass is 10.0. The number of hydrogen-bond donors (Lipinski definition) is 1. The van der Waals surface area contributed by atoms with Gasteiger partial charge in [-0.15, -0.1) is 0 Å². The summed E-state index contributed by atoms with van der Waals surface area (Å²) < 4.78 is 4.57. The Bertz CT molecular complexity index is 231. The van der Waals surface area contributed by atoms with Crippen LogP contribution in [0.1, 0.15) is 19.8 Å². The number of esters is 1. The number of nitrogens with zero attached hydrogens (tertiary/aromatic N) is 1. The Balaban J connectivity index is 3.92. The summed E-state index contributed by atoms with van der Waals surface area (Å²) in [5, 5.41) is 16.8. The Hall–Kier alpha value is -1.57. The molecule has 0 fully saturated rings. The Morgan fingerprint density at radius 2 is 2.15 bits per heavy atom. The van der Waals surface area contributed by atoms with E-state index in [9.17, 15) is 9.59 Å². The van der Waals surface area contributed by atoms with Crippen molar-refractivity contribution in [3.63, 3.8) is 0 Å². The quantitative estimate of drug-likeness (QED) is 0.632. The lowest BCUT2D eigenvalue weighted by molar-refractivity contribution is -0.144. The minimum atomic E-state index is -1.09. The van der Waals surface area contributed by atoms with E-state index in [4.69, 9.17) is 10.4 Å². The average molecular weight is 185 g/mol. The molecule has 0 saturated carbocycles. The number of ether oxygens (including phenoxy) is 1. The maximum absolute atomic E-state index is 10.8. The van der Waals surface area contributed by atoms with Crippen molar-refractivity contribution < 1.29 is 19.4 Å². The fourth-order valence-corrected chi connectivity index (χ4v) is 0.795. The van der Waals surface area contributed by atoms with Gasteiger partial charge in [-0.25, -0.2) is 0 Å². The van der Waals surface area contributed by atoms with Crippen molar-refractivity contribution in [1.29, 1.82) is 5.26 Å². The molecule has 1 N–H and O–H groups in total. The first-order valence-electron chi connectivity index (χ1n) is 3.87. The van der Waals surface area contributed by atoms with Gasteiger partial charge in [-0.05, 0) is 6.92 Å². The van der Waals surface area contributed by atoms with Gasteiger partial charge in [0.1, 0.15) is 0 Å². The molecule has 72 valence electrons. The highest BCUT2D eigenvalue weighted by atomic mass is 16.5. The molecule has 0 amide bonds. The third-order valence-corrected chi connectivity index (χ3v) is 1.32. The highest BCUT2D eigenvalue weighted by molar-refractivity contribution is 5.72. The molecule has 0 aromatic rings. The number of hydrogen-bond acceptors (Lipinski definition) is 4. The Kier molecular flexibility index (Phi) is 5.28. The van der Waals surface area contributed by atoms with Crippen molar-refractivity contribution in [3.05, 3.63) is 0 Å². The fourth-order valence-electron chi connectivity index (χ4n) is 0.795. The molecule has 13 heavy (non-hydrogen) atoms. The molecule has 0 spiro atoms. The van der Waals surface area contributed by atoms with Gasteiger partial charge in [0.15, 0.2) is 0 Å². The molecule has 5 nitrogen and oxygen atoms in total. The van der Waals surface area contributed by atoms with Gasteiger partial charge in [0.05, 0.1) is 31.4 Å². The molecule has 1 atom stereocenters. The van der Waals surface area contributed by atoms with Crippen molar-refractivity contribution in [3.8, 4) is 6.07 Å². The largest absolute Gasteiger partial charge is 0.481 e. The van der Waals surface area contributed by atoms with Crippen molar-refractivity contribution in [2.45, 2.75) is 19.8 Å². The van der Waals surface area contributed by atoms with Crippen LogP contribution in [0.25, 0.3) is 0 Å². The highest BCUT2D eigenvalue weighted by Gasteiger charge is 2.17. The van der Waals surface area contributed by atoms with Gasteiger partial charge in [0, 0.05) is 0 Å². The number of carboxylic acid groups (broad SMARTS) is 1. The van der Waals surface area contributed by atoms with Gasteiger partial charge in [-0.2, -0.15) is 5.26 Å². The lowest BCUT2D eigenvalue weighted by Crippen LogP contribution is -2.13. The van der Waals surface area contributed by atoms with Crippen LogP contribution in [0.5, 0.6) is 0 Å². The van der Waals surface area contributed by atoms with Gasteiger partial charge >= 0.3 is 11.9 Å². The third kappa shape index (κ3) is 5.67. The van der Waals surface area contributed by atoms with E-state index in [1.54, 1.807) is 13.0 Å². The lowest BCUT2D eigenvalue weighted by Gasteiger charge is -2.04. The Morgan fingerprint density at radius 3 is 2.54 bits per heavy atom. The molecule has 0 aromatic heterocycles. The Labute approximate surface area is 75.9 Å². The topological polar surface area (TPSA) is 87.4 Å². The third-order valence-electron chi connectivity index (χ3n) is 1.32. The summed E-state index contributed by atoms with van der Waals surface area (Å²) in [6, 6.07) is 1.74. The van der Waals surface area contributed by atoms with Gasteiger partial charge in [-0.3, -0.25) is 9.59 Å². The van der Waals surface area contributed by atoms with Gasteiger partial charge in [0.25, 0.3) is 0 Å². The summed E-state index contributed by atoms with van der Waals surface area (Å²) in [7, 11) is 0. The maximum atomic E-state index is 10.8. The highest BCUT2D eigenvalue weighted by Crippen LogP contribution is 2.08. The zero-order valence-electron chi connectivity index (χ0n) is 7.32. The van der Waals surface area contributed by atoms with E-state index in [1.165, 1.54) is 0 Å². The molecule has 0 rings (SSSR count). The molecule has 0 aromatic carbocycles. The number of aliphatic carboxylic acids is 1. The summed E-state index contributed by atoms with van der Waals surface area (Å²) >= 11 is 0. The standard InChI is InChI=1S/C8H11NO4/c1-2-13-8(12)4-6(5-9)3-7(10)11/h6H,2-4H2,1H3,(H,10,11)/t6-/m0/s1. The minimum absolute atomic E-state index is 0.156.